The molecule has 0 radical (unpaired) electrons. The van der Waals surface area contributed by atoms with Gasteiger partial charge in [-0.25, -0.2) is 4.98 Å². The average Bonchev–Trinajstić information content (AvgIpc) is 3.01. The first-order valence-corrected chi connectivity index (χ1v) is 9.02. The quantitative estimate of drug-likeness (QED) is 0.800. The summed E-state index contributed by atoms with van der Waals surface area (Å²) >= 11 is 0. The van der Waals surface area contributed by atoms with Crippen LogP contribution in [0.15, 0.2) is 36.5 Å². The zero-order valence-electron chi connectivity index (χ0n) is 16.0. The van der Waals surface area contributed by atoms with Gasteiger partial charge in [0.25, 0.3) is 11.8 Å². The standard InChI is InChI=1S/C20H28N4O2/c1-5-6-12-24-16(18(25)23-20(2,3)4)14-21-17(24)19(26)22-13-15-10-8-7-9-11-15/h7-11,14H,5-6,12-13H2,1-4H3,(H,22,26)(H,23,25). The Morgan fingerprint density at radius 2 is 1.81 bits per heavy atom. The fourth-order valence-corrected chi connectivity index (χ4v) is 2.54. The van der Waals surface area contributed by atoms with E-state index in [4.69, 9.17) is 0 Å². The van der Waals surface area contributed by atoms with Gasteiger partial charge in [0.15, 0.2) is 5.82 Å². The molecule has 0 saturated heterocycles. The Balaban J connectivity index is 2.18. The molecule has 0 bridgehead atoms. The summed E-state index contributed by atoms with van der Waals surface area (Å²) in [5.41, 5.74) is 1.07. The van der Waals surface area contributed by atoms with Gasteiger partial charge >= 0.3 is 0 Å². The molecular formula is C20H28N4O2. The highest BCUT2D eigenvalue weighted by Crippen LogP contribution is 2.11. The summed E-state index contributed by atoms with van der Waals surface area (Å²) in [4.78, 5) is 29.4. The molecule has 0 spiro atoms. The van der Waals surface area contributed by atoms with Crippen LogP contribution in [0.25, 0.3) is 0 Å². The van der Waals surface area contributed by atoms with Crippen LogP contribution in [-0.4, -0.2) is 26.9 Å². The molecule has 0 unspecified atom stereocenters. The third-order valence-corrected chi connectivity index (χ3v) is 3.81. The molecule has 0 saturated carbocycles. The Morgan fingerprint density at radius 3 is 2.42 bits per heavy atom. The maximum Gasteiger partial charge on any atom is 0.287 e. The summed E-state index contributed by atoms with van der Waals surface area (Å²) in [5, 5.41) is 5.81. The number of hydrogen-bond acceptors (Lipinski definition) is 3. The van der Waals surface area contributed by atoms with E-state index in [1.807, 2.05) is 51.1 Å². The molecule has 2 rings (SSSR count). The summed E-state index contributed by atoms with van der Waals surface area (Å²) in [5.74, 6) is -0.226. The highest BCUT2D eigenvalue weighted by Gasteiger charge is 2.23. The van der Waals surface area contributed by atoms with Crippen molar-refractivity contribution >= 4 is 11.8 Å². The van der Waals surface area contributed by atoms with E-state index in [2.05, 4.69) is 22.5 Å². The van der Waals surface area contributed by atoms with Crippen molar-refractivity contribution in [3.8, 4) is 0 Å². The van der Waals surface area contributed by atoms with E-state index in [-0.39, 0.29) is 23.2 Å². The second-order valence-electron chi connectivity index (χ2n) is 7.34. The Bertz CT molecular complexity index is 745. The maximum absolute atomic E-state index is 12.6. The minimum atomic E-state index is -0.354. The van der Waals surface area contributed by atoms with Crippen LogP contribution in [-0.2, 0) is 13.1 Å². The third-order valence-electron chi connectivity index (χ3n) is 3.81. The maximum atomic E-state index is 12.6. The SMILES string of the molecule is CCCCn1c(C(=O)NC(C)(C)C)cnc1C(=O)NCc1ccccc1. The van der Waals surface area contributed by atoms with Crippen LogP contribution in [0.5, 0.6) is 0 Å². The molecule has 0 aliphatic carbocycles. The van der Waals surface area contributed by atoms with Gasteiger partial charge in [-0.15, -0.1) is 0 Å². The molecule has 26 heavy (non-hydrogen) atoms. The summed E-state index contributed by atoms with van der Waals surface area (Å²) in [6.07, 6.45) is 3.31. The molecule has 0 aliphatic rings. The van der Waals surface area contributed by atoms with Crippen LogP contribution < -0.4 is 10.6 Å². The number of rotatable bonds is 7. The smallest absolute Gasteiger partial charge is 0.287 e. The zero-order valence-corrected chi connectivity index (χ0v) is 16.0. The number of benzene rings is 1. The predicted octanol–water partition coefficient (Wildman–Crippen LogP) is 3.14. The molecule has 140 valence electrons. The number of hydrogen-bond donors (Lipinski definition) is 2. The van der Waals surface area contributed by atoms with Crippen molar-refractivity contribution in [2.45, 2.75) is 59.2 Å². The van der Waals surface area contributed by atoms with E-state index in [0.717, 1.165) is 18.4 Å². The molecule has 2 aromatic rings. The van der Waals surface area contributed by atoms with Gasteiger partial charge in [0.1, 0.15) is 5.69 Å². The van der Waals surface area contributed by atoms with Gasteiger partial charge in [-0.3, -0.25) is 9.59 Å². The van der Waals surface area contributed by atoms with Gasteiger partial charge < -0.3 is 15.2 Å². The van der Waals surface area contributed by atoms with Gasteiger partial charge in [0, 0.05) is 18.6 Å². The highest BCUT2D eigenvalue weighted by atomic mass is 16.2. The van der Waals surface area contributed by atoms with Crippen LogP contribution in [0.3, 0.4) is 0 Å². The second kappa shape index (κ2) is 8.65. The van der Waals surface area contributed by atoms with Crippen LogP contribution in [0.1, 0.15) is 67.2 Å². The van der Waals surface area contributed by atoms with Crippen molar-refractivity contribution in [3.05, 3.63) is 53.6 Å². The van der Waals surface area contributed by atoms with Crippen molar-refractivity contribution in [1.82, 2.24) is 20.2 Å². The Morgan fingerprint density at radius 1 is 1.12 bits per heavy atom. The van der Waals surface area contributed by atoms with Gasteiger partial charge in [0.2, 0.25) is 0 Å². The molecule has 0 aliphatic heterocycles. The average molecular weight is 356 g/mol. The lowest BCUT2D eigenvalue weighted by Crippen LogP contribution is -2.41. The Kier molecular flexibility index (Phi) is 6.55. The molecule has 6 nitrogen and oxygen atoms in total. The largest absolute Gasteiger partial charge is 0.346 e. The predicted molar refractivity (Wildman–Crippen MR) is 102 cm³/mol. The molecule has 2 amide bonds. The van der Waals surface area contributed by atoms with Crippen molar-refractivity contribution in [3.63, 3.8) is 0 Å². The number of imidazole rings is 1. The van der Waals surface area contributed by atoms with Crippen molar-refractivity contribution in [2.75, 3.05) is 0 Å². The lowest BCUT2D eigenvalue weighted by molar-refractivity contribution is 0.0908. The molecule has 0 atom stereocenters. The number of amides is 2. The molecule has 2 N–H and O–H groups in total. The number of unbranched alkanes of at least 4 members (excludes halogenated alkanes) is 1. The molecule has 1 aromatic carbocycles. The zero-order chi connectivity index (χ0) is 19.2. The summed E-state index contributed by atoms with van der Waals surface area (Å²) in [6, 6.07) is 9.69. The van der Waals surface area contributed by atoms with Gasteiger partial charge in [-0.1, -0.05) is 43.7 Å². The van der Waals surface area contributed by atoms with Crippen molar-refractivity contribution < 1.29 is 9.59 Å². The van der Waals surface area contributed by atoms with Gasteiger partial charge in [-0.2, -0.15) is 0 Å². The number of carbonyl (C=O) groups is 2. The molecule has 6 heteroatoms. The lowest BCUT2D eigenvalue weighted by atomic mass is 10.1. The first kappa shape index (κ1) is 19.7. The first-order valence-electron chi connectivity index (χ1n) is 9.02. The molecule has 1 aromatic heterocycles. The topological polar surface area (TPSA) is 76.0 Å². The van der Waals surface area contributed by atoms with Gasteiger partial charge in [-0.05, 0) is 32.8 Å². The number of nitrogens with zero attached hydrogens (tertiary/aromatic N) is 2. The fraction of sp³-hybridized carbons (Fsp3) is 0.450. The van der Waals surface area contributed by atoms with Crippen LogP contribution in [0.4, 0.5) is 0 Å². The molecule has 0 fully saturated rings. The first-order chi connectivity index (χ1) is 12.3. The van der Waals surface area contributed by atoms with E-state index in [1.54, 1.807) is 4.57 Å². The summed E-state index contributed by atoms with van der Waals surface area (Å²) in [7, 11) is 0. The molecular weight excluding hydrogens is 328 g/mol. The fourth-order valence-electron chi connectivity index (χ4n) is 2.54. The van der Waals surface area contributed by atoms with E-state index in [0.29, 0.717) is 18.8 Å². The van der Waals surface area contributed by atoms with Crippen molar-refractivity contribution in [1.29, 1.82) is 0 Å². The van der Waals surface area contributed by atoms with Crippen LogP contribution in [0, 0.1) is 0 Å². The van der Waals surface area contributed by atoms with Crippen LogP contribution >= 0.6 is 0 Å². The summed E-state index contributed by atoms with van der Waals surface area (Å²) in [6.45, 7) is 8.84. The van der Waals surface area contributed by atoms with Gasteiger partial charge in [0.05, 0.1) is 6.20 Å². The minimum Gasteiger partial charge on any atom is -0.346 e. The van der Waals surface area contributed by atoms with E-state index < -0.39 is 0 Å². The summed E-state index contributed by atoms with van der Waals surface area (Å²) < 4.78 is 1.71. The highest BCUT2D eigenvalue weighted by molar-refractivity contribution is 5.96. The minimum absolute atomic E-state index is 0.219. The number of carbonyl (C=O) groups excluding carboxylic acids is 2. The van der Waals surface area contributed by atoms with E-state index >= 15 is 0 Å². The van der Waals surface area contributed by atoms with Crippen molar-refractivity contribution in [2.24, 2.45) is 0 Å². The number of aromatic nitrogens is 2. The molecule has 1 heterocycles. The van der Waals surface area contributed by atoms with E-state index in [1.165, 1.54) is 6.20 Å². The lowest BCUT2D eigenvalue weighted by Gasteiger charge is -2.21. The Labute approximate surface area is 155 Å². The normalized spacial score (nSPS) is 11.2. The van der Waals surface area contributed by atoms with Crippen LogP contribution in [0.2, 0.25) is 0 Å². The Hall–Kier alpha value is -2.63. The monoisotopic (exact) mass is 356 g/mol. The second-order valence-corrected chi connectivity index (χ2v) is 7.34. The number of nitrogens with one attached hydrogen (secondary N) is 2. The van der Waals surface area contributed by atoms with E-state index in [9.17, 15) is 9.59 Å². The third kappa shape index (κ3) is 5.44.